The molecule has 2 aromatic rings. The van der Waals surface area contributed by atoms with E-state index in [4.69, 9.17) is 9.47 Å². The van der Waals surface area contributed by atoms with Crippen LogP contribution in [0.1, 0.15) is 25.8 Å². The summed E-state index contributed by atoms with van der Waals surface area (Å²) in [6.07, 6.45) is 2.35. The third-order valence-corrected chi connectivity index (χ3v) is 5.90. The van der Waals surface area contributed by atoms with Crippen molar-refractivity contribution in [1.29, 1.82) is 0 Å². The summed E-state index contributed by atoms with van der Waals surface area (Å²) < 4.78 is 10.9. The van der Waals surface area contributed by atoms with Crippen molar-refractivity contribution in [3.05, 3.63) is 48.2 Å². The number of amides is 2. The van der Waals surface area contributed by atoms with Gasteiger partial charge in [0.1, 0.15) is 11.6 Å². The van der Waals surface area contributed by atoms with Crippen molar-refractivity contribution in [1.82, 2.24) is 10.3 Å². The number of anilines is 2. The Kier molecular flexibility index (Phi) is 6.60. The largest absolute Gasteiger partial charge is 0.497 e. The van der Waals surface area contributed by atoms with E-state index in [2.05, 4.69) is 29.0 Å². The number of methoxy groups -OCH3 is 1. The molecular formula is C24H30N4O4. The first kappa shape index (κ1) is 22.1. The highest BCUT2D eigenvalue weighted by molar-refractivity contribution is 6.00. The molecule has 4 rings (SSSR count). The van der Waals surface area contributed by atoms with Crippen molar-refractivity contribution in [3.63, 3.8) is 0 Å². The van der Waals surface area contributed by atoms with Crippen LogP contribution in [0.15, 0.2) is 42.6 Å². The lowest BCUT2D eigenvalue weighted by Gasteiger charge is -2.36. The third-order valence-electron chi connectivity index (χ3n) is 5.90. The van der Waals surface area contributed by atoms with Crippen molar-refractivity contribution in [2.75, 3.05) is 36.5 Å². The first-order valence-corrected chi connectivity index (χ1v) is 11.0. The summed E-state index contributed by atoms with van der Waals surface area (Å²) in [5.41, 5.74) is 1.70. The van der Waals surface area contributed by atoms with Gasteiger partial charge in [-0.3, -0.25) is 9.59 Å². The fraction of sp³-hybridized carbons (Fsp3) is 0.458. The molecule has 2 aliphatic rings. The quantitative estimate of drug-likeness (QED) is 0.746. The van der Waals surface area contributed by atoms with Gasteiger partial charge in [0.25, 0.3) is 0 Å². The van der Waals surface area contributed by atoms with E-state index in [1.165, 1.54) is 0 Å². The molecule has 2 saturated heterocycles. The smallest absolute Gasteiger partial charge is 0.227 e. The van der Waals surface area contributed by atoms with E-state index in [1.807, 2.05) is 36.4 Å². The van der Waals surface area contributed by atoms with E-state index in [-0.39, 0.29) is 36.4 Å². The number of carbonyl (C=O) groups is 2. The molecule has 0 radical (unpaired) electrons. The maximum absolute atomic E-state index is 12.7. The molecule has 0 spiro atoms. The Morgan fingerprint density at radius 2 is 1.84 bits per heavy atom. The zero-order valence-corrected chi connectivity index (χ0v) is 18.8. The number of carbonyl (C=O) groups excluding carboxylic acids is 2. The first-order valence-electron chi connectivity index (χ1n) is 11.0. The Morgan fingerprint density at radius 3 is 2.47 bits per heavy atom. The third kappa shape index (κ3) is 5.02. The van der Waals surface area contributed by atoms with Gasteiger partial charge in [-0.05, 0) is 49.7 Å². The molecule has 0 saturated carbocycles. The number of hydrogen-bond donors (Lipinski definition) is 1. The van der Waals surface area contributed by atoms with Crippen LogP contribution < -0.4 is 19.9 Å². The predicted molar refractivity (Wildman–Crippen MR) is 122 cm³/mol. The van der Waals surface area contributed by atoms with Gasteiger partial charge >= 0.3 is 0 Å². The number of aromatic nitrogens is 1. The summed E-state index contributed by atoms with van der Waals surface area (Å²) in [5.74, 6) is 1.11. The zero-order chi connectivity index (χ0) is 22.7. The monoisotopic (exact) mass is 438 g/mol. The van der Waals surface area contributed by atoms with E-state index in [0.29, 0.717) is 13.1 Å². The van der Waals surface area contributed by atoms with Crippen molar-refractivity contribution >= 4 is 23.3 Å². The standard InChI is InChI=1S/C24H30N4O4/c1-16-13-27(14-17(2)32-16)22-9-4-18(11-25-22)12-26-24(30)19-10-23(29)28(15-19)20-5-7-21(31-3)8-6-20/h4-9,11,16-17,19H,10,12-15H2,1-3H3,(H,26,30). The minimum atomic E-state index is -0.367. The molecule has 3 unspecified atom stereocenters. The van der Waals surface area contributed by atoms with Crippen LogP contribution in [0, 0.1) is 5.92 Å². The zero-order valence-electron chi connectivity index (χ0n) is 18.8. The fourth-order valence-electron chi connectivity index (χ4n) is 4.30. The molecule has 32 heavy (non-hydrogen) atoms. The number of nitrogens with zero attached hydrogens (tertiary/aromatic N) is 3. The minimum Gasteiger partial charge on any atom is -0.497 e. The second-order valence-electron chi connectivity index (χ2n) is 8.51. The normalized spacial score (nSPS) is 23.3. The van der Waals surface area contributed by atoms with E-state index in [9.17, 15) is 9.59 Å². The number of rotatable bonds is 6. The fourth-order valence-corrected chi connectivity index (χ4v) is 4.30. The Labute approximate surface area is 188 Å². The molecule has 8 nitrogen and oxygen atoms in total. The van der Waals surface area contributed by atoms with Gasteiger partial charge in [-0.15, -0.1) is 0 Å². The summed E-state index contributed by atoms with van der Waals surface area (Å²) in [4.78, 5) is 33.6. The summed E-state index contributed by atoms with van der Waals surface area (Å²) in [7, 11) is 1.60. The molecule has 2 aliphatic heterocycles. The molecular weight excluding hydrogens is 408 g/mol. The molecule has 1 aromatic carbocycles. The highest BCUT2D eigenvalue weighted by Gasteiger charge is 2.35. The number of morpholine rings is 1. The molecule has 0 aliphatic carbocycles. The van der Waals surface area contributed by atoms with Crippen LogP contribution in [0.5, 0.6) is 5.75 Å². The average molecular weight is 439 g/mol. The van der Waals surface area contributed by atoms with Crippen LogP contribution >= 0.6 is 0 Å². The predicted octanol–water partition coefficient (Wildman–Crippen LogP) is 2.37. The van der Waals surface area contributed by atoms with E-state index < -0.39 is 0 Å². The number of hydrogen-bond acceptors (Lipinski definition) is 6. The molecule has 2 fully saturated rings. The number of benzene rings is 1. The van der Waals surface area contributed by atoms with Gasteiger partial charge in [0, 0.05) is 44.5 Å². The number of ether oxygens (including phenoxy) is 2. The molecule has 3 atom stereocenters. The minimum absolute atomic E-state index is 0.0460. The van der Waals surface area contributed by atoms with Crippen LogP contribution in [-0.4, -0.2) is 55.8 Å². The molecule has 2 amide bonds. The highest BCUT2D eigenvalue weighted by Crippen LogP contribution is 2.27. The lowest BCUT2D eigenvalue weighted by atomic mass is 10.1. The van der Waals surface area contributed by atoms with Crippen molar-refractivity contribution in [2.45, 2.75) is 39.0 Å². The van der Waals surface area contributed by atoms with Gasteiger partial charge in [-0.2, -0.15) is 0 Å². The molecule has 1 aromatic heterocycles. The molecule has 0 bridgehead atoms. The lowest BCUT2D eigenvalue weighted by molar-refractivity contribution is -0.126. The van der Waals surface area contributed by atoms with E-state index in [1.54, 1.807) is 18.2 Å². The summed E-state index contributed by atoms with van der Waals surface area (Å²) in [6, 6.07) is 11.3. The van der Waals surface area contributed by atoms with Gasteiger partial charge in [-0.1, -0.05) is 6.07 Å². The van der Waals surface area contributed by atoms with Gasteiger partial charge in [0.15, 0.2) is 0 Å². The lowest BCUT2D eigenvalue weighted by Crippen LogP contribution is -2.45. The first-order chi connectivity index (χ1) is 15.4. The van der Waals surface area contributed by atoms with Crippen molar-refractivity contribution in [3.8, 4) is 5.75 Å². The van der Waals surface area contributed by atoms with Gasteiger partial charge in [-0.25, -0.2) is 4.98 Å². The Hall–Kier alpha value is -3.13. The maximum Gasteiger partial charge on any atom is 0.227 e. The van der Waals surface area contributed by atoms with Crippen LogP contribution in [0.2, 0.25) is 0 Å². The summed E-state index contributed by atoms with van der Waals surface area (Å²) >= 11 is 0. The SMILES string of the molecule is COc1ccc(N2CC(C(=O)NCc3ccc(N4CC(C)OC(C)C4)nc3)CC2=O)cc1. The van der Waals surface area contributed by atoms with Crippen molar-refractivity contribution < 1.29 is 19.1 Å². The van der Waals surface area contributed by atoms with Crippen LogP contribution in [-0.2, 0) is 20.9 Å². The maximum atomic E-state index is 12.7. The van der Waals surface area contributed by atoms with Gasteiger partial charge in [0.05, 0.1) is 25.2 Å². The highest BCUT2D eigenvalue weighted by atomic mass is 16.5. The molecule has 1 N–H and O–H groups in total. The second-order valence-corrected chi connectivity index (χ2v) is 8.51. The molecule has 170 valence electrons. The Bertz CT molecular complexity index is 937. The summed E-state index contributed by atoms with van der Waals surface area (Å²) in [6.45, 7) is 6.52. The van der Waals surface area contributed by atoms with Gasteiger partial charge in [0.2, 0.25) is 11.8 Å². The van der Waals surface area contributed by atoms with Crippen LogP contribution in [0.25, 0.3) is 0 Å². The van der Waals surface area contributed by atoms with Gasteiger partial charge < -0.3 is 24.6 Å². The number of pyridine rings is 1. The molecule has 3 heterocycles. The van der Waals surface area contributed by atoms with Crippen LogP contribution in [0.3, 0.4) is 0 Å². The van der Waals surface area contributed by atoms with Crippen molar-refractivity contribution in [2.24, 2.45) is 5.92 Å². The van der Waals surface area contributed by atoms with E-state index >= 15 is 0 Å². The Balaban J connectivity index is 1.30. The Morgan fingerprint density at radius 1 is 1.12 bits per heavy atom. The second kappa shape index (κ2) is 9.56. The topological polar surface area (TPSA) is 84.0 Å². The van der Waals surface area contributed by atoms with E-state index in [0.717, 1.165) is 35.9 Å². The van der Waals surface area contributed by atoms with Crippen LogP contribution in [0.4, 0.5) is 11.5 Å². The molecule has 8 heteroatoms. The average Bonchev–Trinajstić information content (AvgIpc) is 3.19. The number of nitrogens with one attached hydrogen (secondary N) is 1. The summed E-state index contributed by atoms with van der Waals surface area (Å²) in [5, 5.41) is 2.95.